The van der Waals surface area contributed by atoms with Crippen LogP contribution in [0.2, 0.25) is 0 Å². The van der Waals surface area contributed by atoms with E-state index >= 15 is 0 Å². The fourth-order valence-electron chi connectivity index (χ4n) is 2.02. The number of aryl methyl sites for hydroxylation is 1. The standard InChI is InChI=1S/C15H18BrN3O/c1-10(2)19-9-13(16)6-14(19)15(20)18-8-12-4-5-17-7-11(12)3/h4-7,9-10H,8H2,1-3H3,(H,18,20). The molecule has 0 spiro atoms. The molecular weight excluding hydrogens is 318 g/mol. The molecule has 0 bridgehead atoms. The third kappa shape index (κ3) is 3.28. The summed E-state index contributed by atoms with van der Waals surface area (Å²) in [5.74, 6) is -0.0689. The van der Waals surface area contributed by atoms with Crippen LogP contribution in [0.4, 0.5) is 0 Å². The SMILES string of the molecule is Cc1cnccc1CNC(=O)c1cc(Br)cn1C(C)C. The van der Waals surface area contributed by atoms with Gasteiger partial charge in [0.25, 0.3) is 5.91 Å². The molecule has 106 valence electrons. The van der Waals surface area contributed by atoms with Gasteiger partial charge in [-0.05, 0) is 60.0 Å². The molecule has 1 amide bonds. The highest BCUT2D eigenvalue weighted by Gasteiger charge is 2.14. The number of pyridine rings is 1. The molecule has 0 radical (unpaired) electrons. The van der Waals surface area contributed by atoms with Gasteiger partial charge < -0.3 is 9.88 Å². The molecule has 0 fully saturated rings. The van der Waals surface area contributed by atoms with Gasteiger partial charge in [0, 0.05) is 35.6 Å². The Bertz CT molecular complexity index is 619. The van der Waals surface area contributed by atoms with Crippen LogP contribution in [0.1, 0.15) is 41.5 Å². The molecule has 2 aromatic rings. The number of nitrogens with one attached hydrogen (secondary N) is 1. The Morgan fingerprint density at radius 3 is 2.90 bits per heavy atom. The number of rotatable bonds is 4. The molecule has 0 aromatic carbocycles. The molecule has 4 nitrogen and oxygen atoms in total. The molecule has 0 saturated carbocycles. The van der Waals surface area contributed by atoms with E-state index in [0.717, 1.165) is 15.6 Å². The van der Waals surface area contributed by atoms with Crippen molar-refractivity contribution in [1.82, 2.24) is 14.9 Å². The van der Waals surface area contributed by atoms with Crippen molar-refractivity contribution in [2.75, 3.05) is 0 Å². The number of carbonyl (C=O) groups excluding carboxylic acids is 1. The van der Waals surface area contributed by atoms with Crippen molar-refractivity contribution in [3.8, 4) is 0 Å². The molecule has 0 aliphatic heterocycles. The van der Waals surface area contributed by atoms with Crippen molar-refractivity contribution >= 4 is 21.8 Å². The van der Waals surface area contributed by atoms with E-state index in [-0.39, 0.29) is 11.9 Å². The van der Waals surface area contributed by atoms with Crippen LogP contribution in [0.25, 0.3) is 0 Å². The van der Waals surface area contributed by atoms with Gasteiger partial charge in [-0.1, -0.05) is 0 Å². The van der Waals surface area contributed by atoms with Crippen molar-refractivity contribution in [3.05, 3.63) is 52.0 Å². The molecule has 0 unspecified atom stereocenters. The highest BCUT2D eigenvalue weighted by molar-refractivity contribution is 9.10. The van der Waals surface area contributed by atoms with Crippen LogP contribution in [0.5, 0.6) is 0 Å². The normalized spacial score (nSPS) is 10.8. The smallest absolute Gasteiger partial charge is 0.268 e. The number of aromatic nitrogens is 2. The maximum absolute atomic E-state index is 12.3. The Balaban J connectivity index is 2.11. The van der Waals surface area contributed by atoms with Gasteiger partial charge in [-0.3, -0.25) is 9.78 Å². The van der Waals surface area contributed by atoms with Gasteiger partial charge in [0.1, 0.15) is 5.69 Å². The number of hydrogen-bond acceptors (Lipinski definition) is 2. The van der Waals surface area contributed by atoms with E-state index < -0.39 is 0 Å². The van der Waals surface area contributed by atoms with E-state index in [4.69, 9.17) is 0 Å². The van der Waals surface area contributed by atoms with Gasteiger partial charge in [-0.15, -0.1) is 0 Å². The lowest BCUT2D eigenvalue weighted by molar-refractivity contribution is 0.0940. The minimum atomic E-state index is -0.0689. The van der Waals surface area contributed by atoms with Gasteiger partial charge >= 0.3 is 0 Å². The van der Waals surface area contributed by atoms with Crippen LogP contribution in [-0.2, 0) is 6.54 Å². The molecule has 1 N–H and O–H groups in total. The summed E-state index contributed by atoms with van der Waals surface area (Å²) < 4.78 is 2.87. The largest absolute Gasteiger partial charge is 0.347 e. The number of halogens is 1. The fourth-order valence-corrected chi connectivity index (χ4v) is 2.46. The van der Waals surface area contributed by atoms with E-state index in [1.54, 1.807) is 12.4 Å². The lowest BCUT2D eigenvalue weighted by Gasteiger charge is -2.13. The second kappa shape index (κ2) is 6.22. The topological polar surface area (TPSA) is 46.9 Å². The lowest BCUT2D eigenvalue weighted by Crippen LogP contribution is -2.26. The van der Waals surface area contributed by atoms with E-state index in [9.17, 15) is 4.79 Å². The minimum Gasteiger partial charge on any atom is -0.347 e. The summed E-state index contributed by atoms with van der Waals surface area (Å²) in [4.78, 5) is 16.3. The molecule has 2 aromatic heterocycles. The molecule has 0 saturated heterocycles. The zero-order chi connectivity index (χ0) is 14.7. The Morgan fingerprint density at radius 1 is 1.50 bits per heavy atom. The predicted octanol–water partition coefficient (Wildman–Crippen LogP) is 3.46. The molecule has 2 heterocycles. The van der Waals surface area contributed by atoms with Crippen LogP contribution in [-0.4, -0.2) is 15.5 Å². The summed E-state index contributed by atoms with van der Waals surface area (Å²) in [6.07, 6.45) is 5.47. The van der Waals surface area contributed by atoms with Crippen molar-refractivity contribution in [3.63, 3.8) is 0 Å². The lowest BCUT2D eigenvalue weighted by atomic mass is 10.1. The van der Waals surface area contributed by atoms with Gasteiger partial charge in [-0.25, -0.2) is 0 Å². The van der Waals surface area contributed by atoms with Crippen LogP contribution in [0.15, 0.2) is 35.2 Å². The van der Waals surface area contributed by atoms with Crippen molar-refractivity contribution in [2.24, 2.45) is 0 Å². The summed E-state index contributed by atoms with van der Waals surface area (Å²) in [6, 6.07) is 4.01. The van der Waals surface area contributed by atoms with E-state index in [1.807, 2.05) is 29.8 Å². The van der Waals surface area contributed by atoms with Crippen LogP contribution >= 0.6 is 15.9 Å². The van der Waals surface area contributed by atoms with Crippen LogP contribution in [0, 0.1) is 6.92 Å². The maximum atomic E-state index is 12.3. The summed E-state index contributed by atoms with van der Waals surface area (Å²) in [7, 11) is 0. The van der Waals surface area contributed by atoms with Gasteiger partial charge in [-0.2, -0.15) is 0 Å². The first-order valence-corrected chi connectivity index (χ1v) is 7.33. The van der Waals surface area contributed by atoms with Gasteiger partial charge in [0.15, 0.2) is 0 Å². The van der Waals surface area contributed by atoms with E-state index in [0.29, 0.717) is 12.2 Å². The number of carbonyl (C=O) groups is 1. The highest BCUT2D eigenvalue weighted by atomic mass is 79.9. The summed E-state index contributed by atoms with van der Waals surface area (Å²) in [5.41, 5.74) is 2.82. The predicted molar refractivity (Wildman–Crippen MR) is 82.7 cm³/mol. The Kier molecular flexibility index (Phi) is 4.60. The van der Waals surface area contributed by atoms with Crippen molar-refractivity contribution in [2.45, 2.75) is 33.4 Å². The molecule has 0 aliphatic rings. The molecule has 0 aliphatic carbocycles. The minimum absolute atomic E-state index is 0.0689. The zero-order valence-corrected chi connectivity index (χ0v) is 13.4. The quantitative estimate of drug-likeness (QED) is 0.929. The molecule has 0 atom stereocenters. The maximum Gasteiger partial charge on any atom is 0.268 e. The van der Waals surface area contributed by atoms with Gasteiger partial charge in [0.2, 0.25) is 0 Å². The van der Waals surface area contributed by atoms with Gasteiger partial charge in [0.05, 0.1) is 0 Å². The Morgan fingerprint density at radius 2 is 2.25 bits per heavy atom. The molecule has 5 heteroatoms. The van der Waals surface area contributed by atoms with Crippen LogP contribution < -0.4 is 5.32 Å². The summed E-state index contributed by atoms with van der Waals surface area (Å²) >= 11 is 3.42. The molecule has 20 heavy (non-hydrogen) atoms. The monoisotopic (exact) mass is 335 g/mol. The van der Waals surface area contributed by atoms with E-state index in [2.05, 4.69) is 40.1 Å². The zero-order valence-electron chi connectivity index (χ0n) is 11.9. The third-order valence-corrected chi connectivity index (χ3v) is 3.61. The highest BCUT2D eigenvalue weighted by Crippen LogP contribution is 2.19. The average molecular weight is 336 g/mol. The second-order valence-corrected chi connectivity index (χ2v) is 5.95. The number of hydrogen-bond donors (Lipinski definition) is 1. The Hall–Kier alpha value is -1.62. The second-order valence-electron chi connectivity index (χ2n) is 5.03. The summed E-state index contributed by atoms with van der Waals surface area (Å²) in [6.45, 7) is 6.60. The first-order valence-electron chi connectivity index (χ1n) is 6.54. The van der Waals surface area contributed by atoms with Crippen LogP contribution in [0.3, 0.4) is 0 Å². The third-order valence-electron chi connectivity index (χ3n) is 3.18. The van der Waals surface area contributed by atoms with Crippen molar-refractivity contribution < 1.29 is 4.79 Å². The number of nitrogens with zero attached hydrogens (tertiary/aromatic N) is 2. The fraction of sp³-hybridized carbons (Fsp3) is 0.333. The van der Waals surface area contributed by atoms with Crippen molar-refractivity contribution in [1.29, 1.82) is 0 Å². The average Bonchev–Trinajstić information content (AvgIpc) is 2.80. The van der Waals surface area contributed by atoms with E-state index in [1.165, 1.54) is 0 Å². The molecular formula is C15H18BrN3O. The Labute approximate surface area is 127 Å². The molecule has 2 rings (SSSR count). The number of amides is 1. The summed E-state index contributed by atoms with van der Waals surface area (Å²) in [5, 5.41) is 2.96. The first-order chi connectivity index (χ1) is 9.49. The first kappa shape index (κ1) is 14.8.